The predicted octanol–water partition coefficient (Wildman–Crippen LogP) is 2.33. The van der Waals surface area contributed by atoms with Crippen molar-refractivity contribution in [2.45, 2.75) is 12.5 Å². The molecular weight excluding hydrogens is 262 g/mol. The van der Waals surface area contributed by atoms with Crippen molar-refractivity contribution >= 4 is 22.8 Å². The second-order valence-corrected chi connectivity index (χ2v) is 5.22. The molecule has 1 unspecified atom stereocenters. The van der Waals surface area contributed by atoms with Gasteiger partial charge in [-0.25, -0.2) is 4.98 Å². The van der Waals surface area contributed by atoms with E-state index in [9.17, 15) is 0 Å². The van der Waals surface area contributed by atoms with Crippen LogP contribution in [0.25, 0.3) is 11.0 Å². The van der Waals surface area contributed by atoms with Gasteiger partial charge in [0, 0.05) is 12.1 Å². The largest absolute Gasteiger partial charge is 0.493 e. The number of rotatable bonds is 6. The summed E-state index contributed by atoms with van der Waals surface area (Å²) >= 11 is 1.78. The van der Waals surface area contributed by atoms with Crippen molar-refractivity contribution in [3.63, 3.8) is 0 Å². The zero-order valence-corrected chi connectivity index (χ0v) is 12.2. The number of thioether (sulfide) groups is 1. The van der Waals surface area contributed by atoms with E-state index in [1.807, 2.05) is 12.1 Å². The van der Waals surface area contributed by atoms with Crippen LogP contribution < -0.4 is 15.2 Å². The fourth-order valence-corrected chi connectivity index (χ4v) is 2.40. The highest BCUT2D eigenvalue weighted by Crippen LogP contribution is 2.31. The molecule has 0 spiro atoms. The molecule has 0 saturated heterocycles. The molecule has 0 aliphatic carbocycles. The Labute approximate surface area is 116 Å². The lowest BCUT2D eigenvalue weighted by molar-refractivity contribution is 0.356. The molecule has 1 aromatic carbocycles. The minimum absolute atomic E-state index is 0.0724. The van der Waals surface area contributed by atoms with Gasteiger partial charge in [0.1, 0.15) is 5.82 Å². The van der Waals surface area contributed by atoms with Crippen molar-refractivity contribution in [3.05, 3.63) is 18.0 Å². The summed E-state index contributed by atoms with van der Waals surface area (Å²) in [7, 11) is 3.23. The third kappa shape index (κ3) is 2.96. The molecule has 0 bridgehead atoms. The summed E-state index contributed by atoms with van der Waals surface area (Å²) in [6.45, 7) is 0. The summed E-state index contributed by atoms with van der Waals surface area (Å²) < 4.78 is 10.5. The van der Waals surface area contributed by atoms with Gasteiger partial charge < -0.3 is 20.2 Å². The molecular formula is C13H19N3O2S. The number of fused-ring (bicyclic) bond motifs is 1. The van der Waals surface area contributed by atoms with Gasteiger partial charge in [-0.05, 0) is 18.4 Å². The fraction of sp³-hybridized carbons (Fsp3) is 0.462. The van der Waals surface area contributed by atoms with Crippen molar-refractivity contribution in [3.8, 4) is 11.5 Å². The standard InChI is InChI=1S/C13H19N3O2S/c1-17-11-6-9-10(7-12(11)18-2)16-13(15-9)8(14)4-5-19-3/h6-8H,4-5,14H2,1-3H3,(H,15,16). The van der Waals surface area contributed by atoms with E-state index >= 15 is 0 Å². The SMILES string of the molecule is COc1cc2nc(C(N)CCSC)[nH]c2cc1OC. The number of methoxy groups -OCH3 is 2. The Morgan fingerprint density at radius 2 is 2.00 bits per heavy atom. The van der Waals surface area contributed by atoms with Crippen LogP contribution >= 0.6 is 11.8 Å². The van der Waals surface area contributed by atoms with Crippen LogP contribution in [0.3, 0.4) is 0 Å². The molecule has 6 heteroatoms. The molecule has 104 valence electrons. The quantitative estimate of drug-likeness (QED) is 0.850. The summed E-state index contributed by atoms with van der Waals surface area (Å²) in [4.78, 5) is 7.77. The molecule has 2 rings (SSSR count). The summed E-state index contributed by atoms with van der Waals surface area (Å²) in [5.74, 6) is 3.18. The summed E-state index contributed by atoms with van der Waals surface area (Å²) in [6.07, 6.45) is 2.97. The average molecular weight is 281 g/mol. The maximum atomic E-state index is 6.12. The number of hydrogen-bond donors (Lipinski definition) is 2. The number of aromatic amines is 1. The summed E-state index contributed by atoms with van der Waals surface area (Å²) in [5, 5.41) is 0. The highest BCUT2D eigenvalue weighted by molar-refractivity contribution is 7.98. The third-order valence-corrected chi connectivity index (χ3v) is 3.63. The number of hydrogen-bond acceptors (Lipinski definition) is 5. The number of nitrogens with one attached hydrogen (secondary N) is 1. The normalized spacial score (nSPS) is 12.6. The molecule has 0 fully saturated rings. The van der Waals surface area contributed by atoms with Crippen LogP contribution in [-0.4, -0.2) is 36.2 Å². The van der Waals surface area contributed by atoms with Crippen LogP contribution in [0.1, 0.15) is 18.3 Å². The van der Waals surface area contributed by atoms with Crippen molar-refractivity contribution in [1.29, 1.82) is 0 Å². The second kappa shape index (κ2) is 6.16. The van der Waals surface area contributed by atoms with Crippen molar-refractivity contribution in [2.75, 3.05) is 26.2 Å². The number of ether oxygens (including phenoxy) is 2. The highest BCUT2D eigenvalue weighted by Gasteiger charge is 2.13. The zero-order chi connectivity index (χ0) is 13.8. The van der Waals surface area contributed by atoms with E-state index in [4.69, 9.17) is 15.2 Å². The Bertz CT molecular complexity index is 515. The molecule has 1 aromatic heterocycles. The fourth-order valence-electron chi connectivity index (χ4n) is 1.91. The molecule has 0 saturated carbocycles. The lowest BCUT2D eigenvalue weighted by Gasteiger charge is -2.06. The molecule has 0 aliphatic rings. The first-order valence-corrected chi connectivity index (χ1v) is 7.45. The molecule has 0 radical (unpaired) electrons. The van der Waals surface area contributed by atoms with E-state index in [0.29, 0.717) is 11.5 Å². The van der Waals surface area contributed by atoms with Crippen molar-refractivity contribution in [1.82, 2.24) is 9.97 Å². The lowest BCUT2D eigenvalue weighted by Crippen LogP contribution is -2.12. The Kier molecular flexibility index (Phi) is 4.55. The first kappa shape index (κ1) is 14.0. The van der Waals surface area contributed by atoms with Gasteiger partial charge in [-0.1, -0.05) is 0 Å². The zero-order valence-electron chi connectivity index (χ0n) is 11.4. The Hall–Kier alpha value is -1.40. The summed E-state index contributed by atoms with van der Waals surface area (Å²) in [6, 6.07) is 3.67. The van der Waals surface area contributed by atoms with E-state index in [1.165, 1.54) is 0 Å². The highest BCUT2D eigenvalue weighted by atomic mass is 32.2. The van der Waals surface area contributed by atoms with Crippen molar-refractivity contribution in [2.24, 2.45) is 5.73 Å². The van der Waals surface area contributed by atoms with Crippen LogP contribution in [-0.2, 0) is 0 Å². The van der Waals surface area contributed by atoms with E-state index in [2.05, 4.69) is 16.2 Å². The number of nitrogens with two attached hydrogens (primary N) is 1. The molecule has 0 aliphatic heterocycles. The van der Waals surface area contributed by atoms with Crippen LogP contribution in [0.4, 0.5) is 0 Å². The van der Waals surface area contributed by atoms with Gasteiger partial charge in [0.15, 0.2) is 11.5 Å². The van der Waals surface area contributed by atoms with Crippen molar-refractivity contribution < 1.29 is 9.47 Å². The van der Waals surface area contributed by atoms with Gasteiger partial charge in [0.25, 0.3) is 0 Å². The Balaban J connectivity index is 2.34. The summed E-state index contributed by atoms with van der Waals surface area (Å²) in [5.41, 5.74) is 7.87. The average Bonchev–Trinajstić information content (AvgIpc) is 2.85. The number of nitrogens with zero attached hydrogens (tertiary/aromatic N) is 1. The van der Waals surface area contributed by atoms with Gasteiger partial charge in [0.2, 0.25) is 0 Å². The predicted molar refractivity (Wildman–Crippen MR) is 79.1 cm³/mol. The maximum absolute atomic E-state index is 6.12. The minimum Gasteiger partial charge on any atom is -0.493 e. The minimum atomic E-state index is -0.0724. The molecule has 1 heterocycles. The third-order valence-electron chi connectivity index (χ3n) is 2.99. The van der Waals surface area contributed by atoms with Gasteiger partial charge >= 0.3 is 0 Å². The molecule has 3 N–H and O–H groups in total. The van der Waals surface area contributed by atoms with E-state index in [-0.39, 0.29) is 6.04 Å². The lowest BCUT2D eigenvalue weighted by atomic mass is 10.2. The van der Waals surface area contributed by atoms with Crippen LogP contribution in [0.15, 0.2) is 12.1 Å². The van der Waals surface area contributed by atoms with E-state index in [0.717, 1.165) is 29.0 Å². The molecule has 1 atom stereocenters. The molecule has 5 nitrogen and oxygen atoms in total. The molecule has 0 amide bonds. The number of aromatic nitrogens is 2. The topological polar surface area (TPSA) is 73.2 Å². The first-order valence-electron chi connectivity index (χ1n) is 6.05. The molecule has 2 aromatic rings. The Morgan fingerprint density at radius 1 is 1.32 bits per heavy atom. The van der Waals surface area contributed by atoms with Crippen LogP contribution in [0.5, 0.6) is 11.5 Å². The smallest absolute Gasteiger partial charge is 0.163 e. The number of benzene rings is 1. The van der Waals surface area contributed by atoms with Crippen LogP contribution in [0, 0.1) is 0 Å². The van der Waals surface area contributed by atoms with Crippen LogP contribution in [0.2, 0.25) is 0 Å². The van der Waals surface area contributed by atoms with Gasteiger partial charge in [0.05, 0.1) is 31.3 Å². The Morgan fingerprint density at radius 3 is 2.63 bits per heavy atom. The van der Waals surface area contributed by atoms with E-state index in [1.54, 1.807) is 26.0 Å². The number of imidazole rings is 1. The number of H-pyrrole nitrogens is 1. The maximum Gasteiger partial charge on any atom is 0.163 e. The molecule has 19 heavy (non-hydrogen) atoms. The monoisotopic (exact) mass is 281 g/mol. The van der Waals surface area contributed by atoms with Gasteiger partial charge in [-0.3, -0.25) is 0 Å². The second-order valence-electron chi connectivity index (χ2n) is 4.23. The van der Waals surface area contributed by atoms with Gasteiger partial charge in [-0.2, -0.15) is 11.8 Å². The first-order chi connectivity index (χ1) is 9.19. The van der Waals surface area contributed by atoms with E-state index < -0.39 is 0 Å². The van der Waals surface area contributed by atoms with Gasteiger partial charge in [-0.15, -0.1) is 0 Å².